The van der Waals surface area contributed by atoms with E-state index in [1.165, 1.54) is 0 Å². The monoisotopic (exact) mass is 531 g/mol. The van der Waals surface area contributed by atoms with Crippen molar-refractivity contribution >= 4 is 41.9 Å². The third kappa shape index (κ3) is 7.03. The molecule has 1 aliphatic rings. The first kappa shape index (κ1) is 26.0. The zero-order valence-electron chi connectivity index (χ0n) is 18.4. The van der Waals surface area contributed by atoms with Crippen LogP contribution in [0.3, 0.4) is 0 Å². The van der Waals surface area contributed by atoms with Crippen molar-refractivity contribution in [1.82, 2.24) is 20.0 Å². The number of nitrogens with zero attached hydrogens (tertiary/aromatic N) is 4. The van der Waals surface area contributed by atoms with Crippen LogP contribution < -0.4 is 5.32 Å². The van der Waals surface area contributed by atoms with Crippen LogP contribution in [0.25, 0.3) is 0 Å². The van der Waals surface area contributed by atoms with E-state index in [-0.39, 0.29) is 36.0 Å². The van der Waals surface area contributed by atoms with Gasteiger partial charge in [0.2, 0.25) is 0 Å². The molecule has 2 amide bonds. The van der Waals surface area contributed by atoms with Gasteiger partial charge in [-0.1, -0.05) is 12.1 Å². The normalized spacial score (nSPS) is 14.1. The lowest BCUT2D eigenvalue weighted by molar-refractivity contribution is 0.0772. The molecule has 9 heteroatoms. The molecule has 0 spiro atoms. The Morgan fingerprint density at radius 2 is 1.60 bits per heavy atom. The highest BCUT2D eigenvalue weighted by Crippen LogP contribution is 2.09. The molecule has 1 N–H and O–H groups in total. The largest absolute Gasteiger partial charge is 0.450 e. The van der Waals surface area contributed by atoms with Crippen LogP contribution in [0.4, 0.5) is 4.79 Å². The van der Waals surface area contributed by atoms with Gasteiger partial charge in [0.25, 0.3) is 5.91 Å². The summed E-state index contributed by atoms with van der Waals surface area (Å²) in [6.45, 7) is 10.8. The molecular weight excluding hydrogens is 497 g/mol. The molecule has 1 heterocycles. The summed E-state index contributed by atoms with van der Waals surface area (Å²) in [6, 6.07) is 7.68. The predicted molar refractivity (Wildman–Crippen MR) is 129 cm³/mol. The quantitative estimate of drug-likeness (QED) is 0.347. The first-order valence-electron chi connectivity index (χ1n) is 10.3. The van der Waals surface area contributed by atoms with E-state index in [2.05, 4.69) is 15.2 Å². The molecule has 0 atom stereocenters. The molecular formula is C21H34IN5O3. The zero-order chi connectivity index (χ0) is 21.2. The maximum Gasteiger partial charge on any atom is 0.409 e. The molecule has 2 rings (SSSR count). The summed E-state index contributed by atoms with van der Waals surface area (Å²) < 4.78 is 5.06. The Bertz CT molecular complexity index is 699. The Labute approximate surface area is 196 Å². The average molecular weight is 531 g/mol. The maximum atomic E-state index is 12.4. The van der Waals surface area contributed by atoms with Gasteiger partial charge in [0.15, 0.2) is 5.96 Å². The van der Waals surface area contributed by atoms with Crippen LogP contribution >= 0.6 is 24.0 Å². The van der Waals surface area contributed by atoms with E-state index < -0.39 is 0 Å². The second-order valence-corrected chi connectivity index (χ2v) is 6.75. The van der Waals surface area contributed by atoms with E-state index >= 15 is 0 Å². The van der Waals surface area contributed by atoms with E-state index in [0.717, 1.165) is 11.5 Å². The highest BCUT2D eigenvalue weighted by Gasteiger charge is 2.23. The number of benzene rings is 1. The molecule has 8 nitrogen and oxygen atoms in total. The van der Waals surface area contributed by atoms with Crippen molar-refractivity contribution in [2.24, 2.45) is 4.99 Å². The van der Waals surface area contributed by atoms with E-state index in [9.17, 15) is 9.59 Å². The average Bonchev–Trinajstić information content (AvgIpc) is 2.76. The number of guanidine groups is 1. The van der Waals surface area contributed by atoms with Crippen molar-refractivity contribution in [1.29, 1.82) is 0 Å². The Hall–Kier alpha value is -2.04. The number of nitrogens with one attached hydrogen (secondary N) is 1. The second kappa shape index (κ2) is 13.3. The summed E-state index contributed by atoms with van der Waals surface area (Å²) >= 11 is 0. The second-order valence-electron chi connectivity index (χ2n) is 6.75. The Morgan fingerprint density at radius 3 is 2.10 bits per heavy atom. The van der Waals surface area contributed by atoms with Crippen LogP contribution in [-0.4, -0.2) is 85.6 Å². The first-order valence-corrected chi connectivity index (χ1v) is 10.3. The highest BCUT2D eigenvalue weighted by molar-refractivity contribution is 14.0. The molecule has 1 fully saturated rings. The van der Waals surface area contributed by atoms with E-state index in [0.29, 0.717) is 58.0 Å². The van der Waals surface area contributed by atoms with Crippen LogP contribution in [0, 0.1) is 0 Å². The topological polar surface area (TPSA) is 77.5 Å². The third-order valence-corrected chi connectivity index (χ3v) is 5.02. The van der Waals surface area contributed by atoms with Gasteiger partial charge in [-0.2, -0.15) is 0 Å². The summed E-state index contributed by atoms with van der Waals surface area (Å²) in [6.07, 6.45) is -0.255. The molecule has 1 aromatic rings. The summed E-state index contributed by atoms with van der Waals surface area (Å²) in [4.78, 5) is 34.2. The van der Waals surface area contributed by atoms with Gasteiger partial charge >= 0.3 is 6.09 Å². The number of aliphatic imine (C=N–C) groups is 1. The molecule has 168 valence electrons. The number of piperazine rings is 1. The SMILES string of the molecule is CCOC(=O)N1CCN(C(=NC)NCc2ccc(C(=O)N(CC)CC)cc2)CC1.I. The predicted octanol–water partition coefficient (Wildman–Crippen LogP) is 2.64. The highest BCUT2D eigenvalue weighted by atomic mass is 127. The zero-order valence-corrected chi connectivity index (χ0v) is 20.7. The molecule has 1 aromatic carbocycles. The molecule has 0 unspecified atom stereocenters. The van der Waals surface area contributed by atoms with Gasteiger partial charge in [-0.25, -0.2) is 4.79 Å². The van der Waals surface area contributed by atoms with Gasteiger partial charge in [0.05, 0.1) is 6.61 Å². The summed E-state index contributed by atoms with van der Waals surface area (Å²) in [5.74, 6) is 0.863. The molecule has 0 bridgehead atoms. The number of hydrogen-bond donors (Lipinski definition) is 1. The van der Waals surface area contributed by atoms with Crippen molar-refractivity contribution in [3.63, 3.8) is 0 Å². The van der Waals surface area contributed by atoms with Gasteiger partial charge in [0.1, 0.15) is 0 Å². The van der Waals surface area contributed by atoms with Crippen molar-refractivity contribution in [3.8, 4) is 0 Å². The van der Waals surface area contributed by atoms with Crippen molar-refractivity contribution in [2.75, 3.05) is 52.9 Å². The summed E-state index contributed by atoms with van der Waals surface area (Å²) in [7, 11) is 1.76. The van der Waals surface area contributed by atoms with E-state index in [4.69, 9.17) is 4.74 Å². The molecule has 1 saturated heterocycles. The Balaban J connectivity index is 0.00000450. The fourth-order valence-corrected chi connectivity index (χ4v) is 3.29. The molecule has 0 radical (unpaired) electrons. The number of hydrogen-bond acceptors (Lipinski definition) is 4. The standard InChI is InChI=1S/C21H33N5O3.HI/c1-5-24(6-2)19(27)18-10-8-17(9-11-18)16-23-20(22-4)25-12-14-26(15-13-25)21(28)29-7-3;/h8-11H,5-7,12-16H2,1-4H3,(H,22,23);1H. The number of amides is 2. The first-order chi connectivity index (χ1) is 14.0. The van der Waals surface area contributed by atoms with E-state index in [1.807, 2.05) is 49.9 Å². The third-order valence-electron chi connectivity index (χ3n) is 5.02. The lowest BCUT2D eigenvalue weighted by Crippen LogP contribution is -2.53. The number of ether oxygens (including phenoxy) is 1. The Kier molecular flexibility index (Phi) is 11.5. The summed E-state index contributed by atoms with van der Waals surface area (Å²) in [5, 5.41) is 3.36. The van der Waals surface area contributed by atoms with Crippen LogP contribution in [-0.2, 0) is 11.3 Å². The van der Waals surface area contributed by atoms with Crippen LogP contribution in [0.5, 0.6) is 0 Å². The minimum absolute atomic E-state index is 0. The maximum absolute atomic E-state index is 12.4. The molecule has 0 saturated carbocycles. The smallest absolute Gasteiger partial charge is 0.409 e. The van der Waals surface area contributed by atoms with Gasteiger partial charge in [-0.3, -0.25) is 9.79 Å². The van der Waals surface area contributed by atoms with Crippen molar-refractivity contribution in [2.45, 2.75) is 27.3 Å². The lowest BCUT2D eigenvalue weighted by Gasteiger charge is -2.35. The minimum Gasteiger partial charge on any atom is -0.450 e. The number of carbonyl (C=O) groups is 2. The Morgan fingerprint density at radius 1 is 1.03 bits per heavy atom. The summed E-state index contributed by atoms with van der Waals surface area (Å²) in [5.41, 5.74) is 1.78. The van der Waals surface area contributed by atoms with Gasteiger partial charge in [-0.05, 0) is 38.5 Å². The number of carbonyl (C=O) groups excluding carboxylic acids is 2. The molecule has 0 aromatic heterocycles. The minimum atomic E-state index is -0.255. The molecule has 1 aliphatic heterocycles. The van der Waals surface area contributed by atoms with Crippen molar-refractivity contribution in [3.05, 3.63) is 35.4 Å². The lowest BCUT2D eigenvalue weighted by atomic mass is 10.1. The molecule has 30 heavy (non-hydrogen) atoms. The van der Waals surface area contributed by atoms with Crippen LogP contribution in [0.15, 0.2) is 29.3 Å². The fourth-order valence-electron chi connectivity index (χ4n) is 3.29. The number of rotatable bonds is 6. The molecule has 0 aliphatic carbocycles. The van der Waals surface area contributed by atoms with Crippen molar-refractivity contribution < 1.29 is 14.3 Å². The van der Waals surface area contributed by atoms with Gasteiger partial charge in [-0.15, -0.1) is 24.0 Å². The van der Waals surface area contributed by atoms with Gasteiger partial charge < -0.3 is 24.8 Å². The fraction of sp³-hybridized carbons (Fsp3) is 0.571. The number of halogens is 1. The van der Waals surface area contributed by atoms with Gasteiger partial charge in [0, 0.05) is 58.4 Å². The van der Waals surface area contributed by atoms with E-state index in [1.54, 1.807) is 11.9 Å². The van der Waals surface area contributed by atoms with Crippen LogP contribution in [0.2, 0.25) is 0 Å². The van der Waals surface area contributed by atoms with Crippen LogP contribution in [0.1, 0.15) is 36.7 Å².